The molecule has 22 heavy (non-hydrogen) atoms. The quantitative estimate of drug-likeness (QED) is 0.466. The highest BCUT2D eigenvalue weighted by Crippen LogP contribution is 2.40. The van der Waals surface area contributed by atoms with E-state index >= 15 is 0 Å². The number of hydrogen-bond acceptors (Lipinski definition) is 5. The van der Waals surface area contributed by atoms with Crippen molar-refractivity contribution in [2.45, 2.75) is 5.60 Å². The first-order valence-corrected chi connectivity index (χ1v) is 6.79. The van der Waals surface area contributed by atoms with Crippen LogP contribution >= 0.6 is 0 Å². The van der Waals surface area contributed by atoms with E-state index in [9.17, 15) is 10.1 Å². The number of nitro benzene ring substituents is 1. The molecule has 1 unspecified atom stereocenters. The number of nitrogens with zero attached hydrogens (tertiary/aromatic N) is 1. The summed E-state index contributed by atoms with van der Waals surface area (Å²) in [6.45, 7) is 0.796. The predicted molar refractivity (Wildman–Crippen MR) is 79.2 cm³/mol. The fraction of sp³-hybridized carbons (Fsp3) is 0.250. The van der Waals surface area contributed by atoms with Crippen LogP contribution in [0.1, 0.15) is 5.56 Å². The summed E-state index contributed by atoms with van der Waals surface area (Å²) in [5.41, 5.74) is 0.221. The average Bonchev–Trinajstić information content (AvgIpc) is 3.35. The average molecular weight is 301 g/mol. The lowest BCUT2D eigenvalue weighted by molar-refractivity contribution is -0.385. The second kappa shape index (κ2) is 5.65. The van der Waals surface area contributed by atoms with Crippen LogP contribution in [-0.4, -0.2) is 25.2 Å². The standard InChI is InChI=1S/C16H15NO5/c1-20-14-5-7-15(8-6-14)21-10-16(11-22-16)12-3-2-4-13(9-12)17(18)19/h2-9H,10-11H2,1H3. The lowest BCUT2D eigenvalue weighted by atomic mass is 10.0. The van der Waals surface area contributed by atoms with Gasteiger partial charge in [-0.05, 0) is 29.8 Å². The van der Waals surface area contributed by atoms with E-state index in [1.807, 2.05) is 30.3 Å². The van der Waals surface area contributed by atoms with E-state index in [0.29, 0.717) is 19.0 Å². The van der Waals surface area contributed by atoms with Gasteiger partial charge in [-0.1, -0.05) is 12.1 Å². The zero-order valence-electron chi connectivity index (χ0n) is 12.0. The molecule has 1 heterocycles. The number of non-ortho nitro benzene ring substituents is 1. The third-order valence-corrected chi connectivity index (χ3v) is 3.61. The summed E-state index contributed by atoms with van der Waals surface area (Å²) in [4.78, 5) is 10.4. The fourth-order valence-electron chi connectivity index (χ4n) is 2.20. The van der Waals surface area contributed by atoms with Gasteiger partial charge >= 0.3 is 0 Å². The first-order chi connectivity index (χ1) is 10.6. The van der Waals surface area contributed by atoms with Crippen molar-refractivity contribution in [3.05, 3.63) is 64.2 Å². The molecule has 1 saturated heterocycles. The van der Waals surface area contributed by atoms with E-state index in [4.69, 9.17) is 14.2 Å². The zero-order chi connectivity index (χ0) is 15.6. The van der Waals surface area contributed by atoms with Gasteiger partial charge in [0, 0.05) is 12.1 Å². The van der Waals surface area contributed by atoms with Crippen LogP contribution in [0.2, 0.25) is 0 Å². The molecule has 1 fully saturated rings. The maximum atomic E-state index is 10.9. The van der Waals surface area contributed by atoms with E-state index in [1.165, 1.54) is 12.1 Å². The Morgan fingerprint density at radius 2 is 1.91 bits per heavy atom. The summed E-state index contributed by atoms with van der Waals surface area (Å²) in [5.74, 6) is 1.45. The zero-order valence-corrected chi connectivity index (χ0v) is 12.0. The van der Waals surface area contributed by atoms with Gasteiger partial charge in [-0.2, -0.15) is 0 Å². The smallest absolute Gasteiger partial charge is 0.269 e. The first-order valence-electron chi connectivity index (χ1n) is 6.79. The Morgan fingerprint density at radius 1 is 1.23 bits per heavy atom. The minimum absolute atomic E-state index is 0.0526. The van der Waals surface area contributed by atoms with Crippen LogP contribution in [0, 0.1) is 10.1 Å². The Morgan fingerprint density at radius 3 is 2.50 bits per heavy atom. The summed E-state index contributed by atoms with van der Waals surface area (Å²) in [5, 5.41) is 10.9. The normalized spacial score (nSPS) is 19.5. The molecule has 6 heteroatoms. The molecule has 0 radical (unpaired) electrons. The minimum Gasteiger partial charge on any atom is -0.497 e. The van der Waals surface area contributed by atoms with Crippen molar-refractivity contribution in [1.29, 1.82) is 0 Å². The van der Waals surface area contributed by atoms with Crippen LogP contribution in [0.5, 0.6) is 11.5 Å². The maximum Gasteiger partial charge on any atom is 0.269 e. The monoisotopic (exact) mass is 301 g/mol. The van der Waals surface area contributed by atoms with Gasteiger partial charge in [0.05, 0.1) is 18.6 Å². The topological polar surface area (TPSA) is 74.1 Å². The van der Waals surface area contributed by atoms with E-state index in [0.717, 1.165) is 11.3 Å². The van der Waals surface area contributed by atoms with Crippen molar-refractivity contribution in [3.63, 3.8) is 0 Å². The van der Waals surface area contributed by atoms with Gasteiger partial charge in [0.15, 0.2) is 5.60 Å². The molecule has 1 aliphatic heterocycles. The van der Waals surface area contributed by atoms with Crippen molar-refractivity contribution in [2.24, 2.45) is 0 Å². The highest BCUT2D eigenvalue weighted by molar-refractivity contribution is 5.39. The molecule has 1 aliphatic rings. The molecule has 6 nitrogen and oxygen atoms in total. The molecule has 1 atom stereocenters. The van der Waals surface area contributed by atoms with Gasteiger partial charge in [0.1, 0.15) is 18.1 Å². The Labute approximate surface area is 127 Å². The number of epoxide rings is 1. The van der Waals surface area contributed by atoms with Crippen LogP contribution in [-0.2, 0) is 10.3 Å². The number of rotatable bonds is 6. The highest BCUT2D eigenvalue weighted by Gasteiger charge is 2.48. The Hall–Kier alpha value is -2.60. The number of nitro groups is 1. The van der Waals surface area contributed by atoms with Crippen LogP contribution in [0.3, 0.4) is 0 Å². The number of hydrogen-bond donors (Lipinski definition) is 0. The molecule has 0 aromatic heterocycles. The van der Waals surface area contributed by atoms with E-state index in [1.54, 1.807) is 13.2 Å². The van der Waals surface area contributed by atoms with Crippen LogP contribution in [0.4, 0.5) is 5.69 Å². The molecule has 0 amide bonds. The second-order valence-corrected chi connectivity index (χ2v) is 5.05. The molecule has 114 valence electrons. The van der Waals surface area contributed by atoms with E-state index in [-0.39, 0.29) is 5.69 Å². The third-order valence-electron chi connectivity index (χ3n) is 3.61. The third kappa shape index (κ3) is 2.87. The summed E-state index contributed by atoms with van der Waals surface area (Å²) >= 11 is 0. The fourth-order valence-corrected chi connectivity index (χ4v) is 2.20. The van der Waals surface area contributed by atoms with Crippen molar-refractivity contribution in [3.8, 4) is 11.5 Å². The first kappa shape index (κ1) is 14.3. The van der Waals surface area contributed by atoms with Gasteiger partial charge in [-0.3, -0.25) is 10.1 Å². The summed E-state index contributed by atoms with van der Waals surface area (Å²) in [6.07, 6.45) is 0. The summed E-state index contributed by atoms with van der Waals surface area (Å²) < 4.78 is 16.3. The lowest BCUT2D eigenvalue weighted by Crippen LogP contribution is -2.19. The lowest BCUT2D eigenvalue weighted by Gasteiger charge is -2.14. The van der Waals surface area contributed by atoms with Gasteiger partial charge in [-0.25, -0.2) is 0 Å². The van der Waals surface area contributed by atoms with Crippen molar-refractivity contribution < 1.29 is 19.1 Å². The van der Waals surface area contributed by atoms with Crippen LogP contribution in [0.15, 0.2) is 48.5 Å². The predicted octanol–water partition coefficient (Wildman–Crippen LogP) is 2.91. The second-order valence-electron chi connectivity index (χ2n) is 5.05. The molecular weight excluding hydrogens is 286 g/mol. The van der Waals surface area contributed by atoms with E-state index < -0.39 is 10.5 Å². The summed E-state index contributed by atoms with van der Waals surface area (Å²) in [7, 11) is 1.60. The van der Waals surface area contributed by atoms with Crippen molar-refractivity contribution in [2.75, 3.05) is 20.3 Å². The van der Waals surface area contributed by atoms with Gasteiger partial charge in [0.2, 0.25) is 0 Å². The maximum absolute atomic E-state index is 10.9. The minimum atomic E-state index is -0.591. The Bertz CT molecular complexity index is 679. The Kier molecular flexibility index (Phi) is 3.68. The van der Waals surface area contributed by atoms with Crippen molar-refractivity contribution >= 4 is 5.69 Å². The van der Waals surface area contributed by atoms with E-state index in [2.05, 4.69) is 0 Å². The molecular formula is C16H15NO5. The SMILES string of the molecule is COc1ccc(OCC2(c3cccc([N+](=O)[O-])c3)CO2)cc1. The number of benzene rings is 2. The molecule has 2 aromatic carbocycles. The van der Waals surface area contributed by atoms with Gasteiger partial charge < -0.3 is 14.2 Å². The van der Waals surface area contributed by atoms with Gasteiger partial charge in [-0.15, -0.1) is 0 Å². The van der Waals surface area contributed by atoms with Gasteiger partial charge in [0.25, 0.3) is 5.69 Å². The largest absolute Gasteiger partial charge is 0.497 e. The Balaban J connectivity index is 1.71. The van der Waals surface area contributed by atoms with Crippen molar-refractivity contribution in [1.82, 2.24) is 0 Å². The molecule has 0 N–H and O–H groups in total. The molecule has 0 saturated carbocycles. The number of ether oxygens (including phenoxy) is 3. The van der Waals surface area contributed by atoms with Crippen LogP contribution < -0.4 is 9.47 Å². The molecule has 0 spiro atoms. The molecule has 3 rings (SSSR count). The molecule has 2 aromatic rings. The molecule has 0 aliphatic carbocycles. The number of methoxy groups -OCH3 is 1. The summed E-state index contributed by atoms with van der Waals surface area (Å²) in [6, 6.07) is 13.7. The molecule has 0 bridgehead atoms. The highest BCUT2D eigenvalue weighted by atomic mass is 16.6. The van der Waals surface area contributed by atoms with Crippen LogP contribution in [0.25, 0.3) is 0 Å².